The molecule has 1 aliphatic heterocycles. The van der Waals surface area contributed by atoms with Crippen LogP contribution in [0.3, 0.4) is 0 Å². The molecule has 0 spiro atoms. The summed E-state index contributed by atoms with van der Waals surface area (Å²) in [4.78, 5) is 22.0. The first kappa shape index (κ1) is 8.77. The largest absolute Gasteiger partial charge is 0.468 e. The number of esters is 2. The summed E-state index contributed by atoms with van der Waals surface area (Å²) in [5, 5.41) is 0. The first-order chi connectivity index (χ1) is 5.70. The quantitative estimate of drug-likeness (QED) is 0.336. The van der Waals surface area contributed by atoms with Crippen LogP contribution >= 0.6 is 0 Å². The van der Waals surface area contributed by atoms with Crippen LogP contribution in [0.1, 0.15) is 0 Å². The average molecular weight is 170 g/mol. The normalized spacial score (nSPS) is 27.9. The summed E-state index contributed by atoms with van der Waals surface area (Å²) in [6, 6.07) is 0. The highest BCUT2D eigenvalue weighted by atomic mass is 16.6. The van der Waals surface area contributed by atoms with Gasteiger partial charge in [0, 0.05) is 5.92 Å². The maximum absolute atomic E-state index is 11.0. The van der Waals surface area contributed by atoms with Crippen molar-refractivity contribution in [2.24, 2.45) is 11.8 Å². The number of hydrogen-bond acceptors (Lipinski definition) is 4. The van der Waals surface area contributed by atoms with E-state index in [2.05, 4.69) is 16.1 Å². The molecule has 1 aliphatic rings. The van der Waals surface area contributed by atoms with Gasteiger partial charge in [-0.2, -0.15) is 0 Å². The molecule has 1 rings (SSSR count). The predicted molar refractivity (Wildman–Crippen MR) is 40.2 cm³/mol. The van der Waals surface area contributed by atoms with Crippen LogP contribution in [0.5, 0.6) is 0 Å². The zero-order chi connectivity index (χ0) is 9.14. The fourth-order valence-corrected chi connectivity index (χ4v) is 1.14. The van der Waals surface area contributed by atoms with Gasteiger partial charge in [0.1, 0.15) is 0 Å². The lowest BCUT2D eigenvalue weighted by atomic mass is 9.96. The van der Waals surface area contributed by atoms with Crippen LogP contribution in [0, 0.1) is 11.8 Å². The molecular weight excluding hydrogens is 160 g/mol. The summed E-state index contributed by atoms with van der Waals surface area (Å²) in [5.74, 6) is -2.13. The lowest BCUT2D eigenvalue weighted by Crippen LogP contribution is -2.25. The van der Waals surface area contributed by atoms with Gasteiger partial charge in [-0.3, -0.25) is 9.59 Å². The van der Waals surface area contributed by atoms with E-state index in [9.17, 15) is 9.59 Å². The molecule has 0 aromatic carbocycles. The number of cyclic esters (lactones) is 1. The smallest absolute Gasteiger partial charge is 0.321 e. The second-order valence-electron chi connectivity index (χ2n) is 2.53. The van der Waals surface area contributed by atoms with Gasteiger partial charge in [-0.05, 0) is 0 Å². The van der Waals surface area contributed by atoms with E-state index in [4.69, 9.17) is 0 Å². The van der Waals surface area contributed by atoms with Gasteiger partial charge in [0.15, 0.2) is 5.92 Å². The molecule has 1 fully saturated rings. The Labute approximate surface area is 70.1 Å². The van der Waals surface area contributed by atoms with Crippen molar-refractivity contribution < 1.29 is 19.1 Å². The van der Waals surface area contributed by atoms with E-state index in [0.29, 0.717) is 0 Å². The van der Waals surface area contributed by atoms with Crippen LogP contribution in [0.25, 0.3) is 0 Å². The molecule has 0 N–H and O–H groups in total. The van der Waals surface area contributed by atoms with Gasteiger partial charge in [0.05, 0.1) is 13.7 Å². The summed E-state index contributed by atoms with van der Waals surface area (Å²) in [6.07, 6.45) is 1.53. The maximum atomic E-state index is 11.0. The van der Waals surface area contributed by atoms with Crippen molar-refractivity contribution >= 4 is 11.9 Å². The summed E-state index contributed by atoms with van der Waals surface area (Å²) < 4.78 is 9.13. The zero-order valence-corrected chi connectivity index (χ0v) is 6.78. The maximum Gasteiger partial charge on any atom is 0.321 e. The molecule has 2 atom stereocenters. The monoisotopic (exact) mass is 170 g/mol. The Morgan fingerprint density at radius 3 is 3.00 bits per heavy atom. The van der Waals surface area contributed by atoms with Gasteiger partial charge in [0.25, 0.3) is 0 Å². The second-order valence-corrected chi connectivity index (χ2v) is 2.53. The van der Waals surface area contributed by atoms with Crippen molar-refractivity contribution in [1.82, 2.24) is 0 Å². The minimum absolute atomic E-state index is 0.224. The molecule has 0 saturated carbocycles. The highest BCUT2D eigenvalue weighted by Crippen LogP contribution is 2.23. The number of methoxy groups -OCH3 is 1. The van der Waals surface area contributed by atoms with Crippen LogP contribution in [-0.2, 0) is 19.1 Å². The summed E-state index contributed by atoms with van der Waals surface area (Å²) >= 11 is 0. The van der Waals surface area contributed by atoms with Crippen LogP contribution in [0.15, 0.2) is 12.7 Å². The number of rotatable bonds is 2. The molecule has 0 bridgehead atoms. The number of carbonyl (C=O) groups excluding carboxylic acids is 2. The van der Waals surface area contributed by atoms with Gasteiger partial charge in [-0.25, -0.2) is 0 Å². The van der Waals surface area contributed by atoms with Gasteiger partial charge in [-0.1, -0.05) is 6.08 Å². The van der Waals surface area contributed by atoms with E-state index in [1.54, 1.807) is 0 Å². The van der Waals surface area contributed by atoms with Crippen molar-refractivity contribution in [3.63, 3.8) is 0 Å². The number of hydrogen-bond donors (Lipinski definition) is 0. The summed E-state index contributed by atoms with van der Waals surface area (Å²) in [7, 11) is 1.24. The number of carbonyl (C=O) groups is 2. The average Bonchev–Trinajstić information content (AvgIpc) is 2.45. The lowest BCUT2D eigenvalue weighted by Gasteiger charge is -2.07. The van der Waals surface area contributed by atoms with Gasteiger partial charge in [-0.15, -0.1) is 6.58 Å². The highest BCUT2D eigenvalue weighted by Gasteiger charge is 2.41. The number of ether oxygens (including phenoxy) is 2. The Kier molecular flexibility index (Phi) is 2.47. The minimum atomic E-state index is -0.813. The van der Waals surface area contributed by atoms with E-state index in [0.717, 1.165) is 0 Å². The van der Waals surface area contributed by atoms with Crippen LogP contribution < -0.4 is 0 Å². The van der Waals surface area contributed by atoms with Crippen LogP contribution in [0.2, 0.25) is 0 Å². The molecule has 1 saturated heterocycles. The Morgan fingerprint density at radius 2 is 2.50 bits per heavy atom. The Balaban J connectivity index is 2.76. The molecule has 0 aliphatic carbocycles. The molecule has 66 valence electrons. The molecular formula is C8H10O4. The molecule has 0 amide bonds. The van der Waals surface area contributed by atoms with Crippen molar-refractivity contribution in [3.05, 3.63) is 12.7 Å². The minimum Gasteiger partial charge on any atom is -0.468 e. The zero-order valence-electron chi connectivity index (χ0n) is 6.78. The topological polar surface area (TPSA) is 52.6 Å². The van der Waals surface area contributed by atoms with E-state index >= 15 is 0 Å². The summed E-state index contributed by atoms with van der Waals surface area (Å²) in [5.41, 5.74) is 0. The molecule has 0 aromatic rings. The van der Waals surface area contributed by atoms with E-state index in [1.165, 1.54) is 13.2 Å². The fraction of sp³-hybridized carbons (Fsp3) is 0.500. The Hall–Kier alpha value is -1.32. The van der Waals surface area contributed by atoms with Crippen molar-refractivity contribution in [1.29, 1.82) is 0 Å². The van der Waals surface area contributed by atoms with E-state index in [1.807, 2.05) is 0 Å². The SMILES string of the molecule is C=C[C@H]1COC(=O)[C@@H]1C(=O)OC. The molecule has 0 radical (unpaired) electrons. The predicted octanol–water partition coefficient (Wildman–Crippen LogP) is 0.135. The van der Waals surface area contributed by atoms with Gasteiger partial charge in [0.2, 0.25) is 0 Å². The third kappa shape index (κ3) is 1.32. The third-order valence-corrected chi connectivity index (χ3v) is 1.86. The van der Waals surface area contributed by atoms with Gasteiger partial charge < -0.3 is 9.47 Å². The van der Waals surface area contributed by atoms with Crippen molar-refractivity contribution in [2.45, 2.75) is 0 Å². The molecule has 0 aromatic heterocycles. The van der Waals surface area contributed by atoms with E-state index in [-0.39, 0.29) is 12.5 Å². The fourth-order valence-electron chi connectivity index (χ4n) is 1.14. The Bertz CT molecular complexity index is 221. The van der Waals surface area contributed by atoms with Crippen LogP contribution in [0.4, 0.5) is 0 Å². The molecule has 4 nitrogen and oxygen atoms in total. The van der Waals surface area contributed by atoms with E-state index < -0.39 is 17.9 Å². The molecule has 12 heavy (non-hydrogen) atoms. The second kappa shape index (κ2) is 3.38. The molecule has 4 heteroatoms. The molecule has 0 unspecified atom stereocenters. The lowest BCUT2D eigenvalue weighted by molar-refractivity contribution is -0.154. The molecule has 1 heterocycles. The third-order valence-electron chi connectivity index (χ3n) is 1.86. The first-order valence-corrected chi connectivity index (χ1v) is 3.57. The standard InChI is InChI=1S/C8H10O4/c1-3-5-4-12-8(10)6(5)7(9)11-2/h3,5-6H,1,4H2,2H3/t5-,6-/m0/s1. The van der Waals surface area contributed by atoms with Crippen molar-refractivity contribution in [2.75, 3.05) is 13.7 Å². The van der Waals surface area contributed by atoms with Gasteiger partial charge >= 0.3 is 11.9 Å². The van der Waals surface area contributed by atoms with Crippen LogP contribution in [-0.4, -0.2) is 25.7 Å². The first-order valence-electron chi connectivity index (χ1n) is 3.57. The highest BCUT2D eigenvalue weighted by molar-refractivity contribution is 5.96. The van der Waals surface area contributed by atoms with Crippen molar-refractivity contribution in [3.8, 4) is 0 Å². The Morgan fingerprint density at radius 1 is 1.83 bits per heavy atom. The summed E-state index contributed by atoms with van der Waals surface area (Å²) in [6.45, 7) is 3.73.